The van der Waals surface area contributed by atoms with Crippen molar-refractivity contribution in [1.82, 2.24) is 4.98 Å². The van der Waals surface area contributed by atoms with Crippen LogP contribution >= 0.6 is 31.9 Å². The fraction of sp³-hybridized carbons (Fsp3) is 0.211. The summed E-state index contributed by atoms with van der Waals surface area (Å²) in [6, 6.07) is 17.4. The van der Waals surface area contributed by atoms with E-state index in [9.17, 15) is 0 Å². The van der Waals surface area contributed by atoms with Crippen LogP contribution in [0.3, 0.4) is 0 Å². The molecule has 0 radical (unpaired) electrons. The van der Waals surface area contributed by atoms with Crippen molar-refractivity contribution in [2.75, 3.05) is 0 Å². The Morgan fingerprint density at radius 1 is 1.00 bits per heavy atom. The van der Waals surface area contributed by atoms with Gasteiger partial charge in [-0.25, -0.2) is 0 Å². The van der Waals surface area contributed by atoms with Gasteiger partial charge in [0, 0.05) is 20.0 Å². The average Bonchev–Trinajstić information content (AvgIpc) is 2.53. The number of aromatic nitrogens is 1. The summed E-state index contributed by atoms with van der Waals surface area (Å²) in [7, 11) is 0. The van der Waals surface area contributed by atoms with Crippen LogP contribution in [-0.4, -0.2) is 4.98 Å². The van der Waals surface area contributed by atoms with Crippen molar-refractivity contribution in [3.8, 4) is 0 Å². The number of halogens is 2. The number of pyridine rings is 1. The van der Waals surface area contributed by atoms with E-state index < -0.39 is 0 Å². The summed E-state index contributed by atoms with van der Waals surface area (Å²) < 4.78 is 2.15. The van der Waals surface area contributed by atoms with Gasteiger partial charge >= 0.3 is 0 Å². The molecule has 1 atom stereocenters. The van der Waals surface area contributed by atoms with Gasteiger partial charge in [-0.1, -0.05) is 46.3 Å². The van der Waals surface area contributed by atoms with E-state index in [-0.39, 0.29) is 0 Å². The monoisotopic (exact) mass is 415 g/mol. The fourth-order valence-corrected chi connectivity index (χ4v) is 4.72. The van der Waals surface area contributed by atoms with E-state index in [1.165, 1.54) is 28.6 Å². The highest BCUT2D eigenvalue weighted by molar-refractivity contribution is 9.11. The molecule has 2 aromatic carbocycles. The molecule has 0 bridgehead atoms. The Morgan fingerprint density at radius 3 is 2.64 bits per heavy atom. The first-order chi connectivity index (χ1) is 10.7. The Kier molecular flexibility index (Phi) is 3.79. The number of benzene rings is 2. The number of aryl methyl sites for hydroxylation is 1. The van der Waals surface area contributed by atoms with Crippen LogP contribution in [0.2, 0.25) is 0 Å². The highest BCUT2D eigenvalue weighted by Crippen LogP contribution is 2.35. The van der Waals surface area contributed by atoms with E-state index in [0.29, 0.717) is 5.92 Å². The maximum Gasteiger partial charge on any atom is 0.0848 e. The molecule has 0 fully saturated rings. The fourth-order valence-electron chi connectivity index (χ4n) is 3.37. The largest absolute Gasteiger partial charge is 0.251 e. The number of rotatable bonds is 1. The standard InChI is InChI=1S/C19H15Br2N/c20-16-10-15-9-14-8-13(12-4-2-1-3-5-12)6-7-18(14)22-19(15)17(21)11-16/h1-5,9-11,13H,6-8H2/t13-/m0/s1. The quantitative estimate of drug-likeness (QED) is 0.471. The van der Waals surface area contributed by atoms with Gasteiger partial charge in [0.05, 0.1) is 5.52 Å². The lowest BCUT2D eigenvalue weighted by molar-refractivity contribution is 0.576. The Hall–Kier alpha value is -1.19. The van der Waals surface area contributed by atoms with Crippen LogP contribution in [-0.2, 0) is 12.8 Å². The van der Waals surface area contributed by atoms with E-state index in [1.54, 1.807) is 0 Å². The van der Waals surface area contributed by atoms with Crippen molar-refractivity contribution in [1.29, 1.82) is 0 Å². The van der Waals surface area contributed by atoms with Crippen LogP contribution < -0.4 is 0 Å². The summed E-state index contributed by atoms with van der Waals surface area (Å²) in [5.74, 6) is 0.614. The second-order valence-corrected chi connectivity index (χ2v) is 7.67. The van der Waals surface area contributed by atoms with Crippen molar-refractivity contribution in [2.45, 2.75) is 25.2 Å². The minimum absolute atomic E-state index is 0.614. The molecule has 1 heterocycles. The van der Waals surface area contributed by atoms with Crippen molar-refractivity contribution in [3.63, 3.8) is 0 Å². The van der Waals surface area contributed by atoms with E-state index in [0.717, 1.165) is 27.3 Å². The number of fused-ring (bicyclic) bond motifs is 2. The second kappa shape index (κ2) is 5.78. The molecule has 0 unspecified atom stereocenters. The zero-order valence-electron chi connectivity index (χ0n) is 12.0. The highest BCUT2D eigenvalue weighted by Gasteiger charge is 2.22. The van der Waals surface area contributed by atoms with Gasteiger partial charge in [0.15, 0.2) is 0 Å². The van der Waals surface area contributed by atoms with E-state index in [2.05, 4.69) is 80.4 Å². The first-order valence-corrected chi connectivity index (χ1v) is 9.12. The number of hydrogen-bond acceptors (Lipinski definition) is 1. The van der Waals surface area contributed by atoms with Gasteiger partial charge in [-0.3, -0.25) is 4.98 Å². The Morgan fingerprint density at radius 2 is 1.82 bits per heavy atom. The lowest BCUT2D eigenvalue weighted by Gasteiger charge is -2.25. The topological polar surface area (TPSA) is 12.9 Å². The number of nitrogens with zero attached hydrogens (tertiary/aromatic N) is 1. The highest BCUT2D eigenvalue weighted by atomic mass is 79.9. The Balaban J connectivity index is 1.77. The maximum absolute atomic E-state index is 4.92. The molecule has 0 saturated heterocycles. The first-order valence-electron chi connectivity index (χ1n) is 7.53. The molecule has 1 nitrogen and oxygen atoms in total. The summed E-state index contributed by atoms with van der Waals surface area (Å²) in [5, 5.41) is 1.20. The molecule has 110 valence electrons. The molecule has 3 aromatic rings. The Bertz CT molecular complexity index is 843. The van der Waals surface area contributed by atoms with Crippen molar-refractivity contribution >= 4 is 42.8 Å². The molecular weight excluding hydrogens is 402 g/mol. The lowest BCUT2D eigenvalue weighted by atomic mass is 9.82. The minimum atomic E-state index is 0.614. The van der Waals surface area contributed by atoms with Crippen molar-refractivity contribution in [3.05, 3.63) is 74.3 Å². The third-order valence-electron chi connectivity index (χ3n) is 4.47. The first kappa shape index (κ1) is 14.4. The number of hydrogen-bond donors (Lipinski definition) is 0. The van der Waals surface area contributed by atoms with Gasteiger partial charge in [0.25, 0.3) is 0 Å². The predicted molar refractivity (Wildman–Crippen MR) is 98.4 cm³/mol. The molecule has 3 heteroatoms. The SMILES string of the molecule is Brc1cc(Br)c2nc3c(cc2c1)C[C@@H](c1ccccc1)CC3. The summed E-state index contributed by atoms with van der Waals surface area (Å²) in [5.41, 5.74) is 5.18. The third kappa shape index (κ3) is 2.61. The molecule has 0 saturated carbocycles. The van der Waals surface area contributed by atoms with Crippen molar-refractivity contribution in [2.24, 2.45) is 0 Å². The molecule has 4 rings (SSSR count). The van der Waals surface area contributed by atoms with Crippen LogP contribution in [0.15, 0.2) is 57.5 Å². The van der Waals surface area contributed by atoms with Gasteiger partial charge in [-0.05, 0) is 70.4 Å². The van der Waals surface area contributed by atoms with Gasteiger partial charge in [-0.2, -0.15) is 0 Å². The zero-order valence-corrected chi connectivity index (χ0v) is 15.2. The smallest absolute Gasteiger partial charge is 0.0848 e. The van der Waals surface area contributed by atoms with Crippen LogP contribution in [0.4, 0.5) is 0 Å². The summed E-state index contributed by atoms with van der Waals surface area (Å²) in [4.78, 5) is 4.92. The zero-order chi connectivity index (χ0) is 15.1. The van der Waals surface area contributed by atoms with Crippen LogP contribution in [0.1, 0.15) is 29.2 Å². The maximum atomic E-state index is 4.92. The summed E-state index contributed by atoms with van der Waals surface area (Å²) in [6.07, 6.45) is 3.34. The molecule has 1 aliphatic carbocycles. The molecule has 22 heavy (non-hydrogen) atoms. The lowest BCUT2D eigenvalue weighted by Crippen LogP contribution is -2.14. The Labute approximate surface area is 147 Å². The average molecular weight is 417 g/mol. The molecule has 0 amide bonds. The van der Waals surface area contributed by atoms with E-state index >= 15 is 0 Å². The molecule has 0 aliphatic heterocycles. The van der Waals surface area contributed by atoms with E-state index in [4.69, 9.17) is 4.98 Å². The normalized spacial score (nSPS) is 17.5. The molecule has 0 N–H and O–H groups in total. The van der Waals surface area contributed by atoms with Crippen LogP contribution in [0, 0.1) is 0 Å². The van der Waals surface area contributed by atoms with Gasteiger partial charge in [-0.15, -0.1) is 0 Å². The molecule has 1 aromatic heterocycles. The van der Waals surface area contributed by atoms with Gasteiger partial charge in [0.2, 0.25) is 0 Å². The third-order valence-corrected chi connectivity index (χ3v) is 5.53. The molecule has 1 aliphatic rings. The molecular formula is C19H15Br2N. The molecule has 0 spiro atoms. The van der Waals surface area contributed by atoms with Gasteiger partial charge < -0.3 is 0 Å². The van der Waals surface area contributed by atoms with Crippen LogP contribution in [0.25, 0.3) is 10.9 Å². The second-order valence-electron chi connectivity index (χ2n) is 5.90. The van der Waals surface area contributed by atoms with E-state index in [1.807, 2.05) is 0 Å². The predicted octanol–water partition coefficient (Wildman–Crippen LogP) is 6.03. The van der Waals surface area contributed by atoms with Gasteiger partial charge in [0.1, 0.15) is 0 Å². The minimum Gasteiger partial charge on any atom is -0.251 e. The van der Waals surface area contributed by atoms with Crippen LogP contribution in [0.5, 0.6) is 0 Å². The summed E-state index contributed by atoms with van der Waals surface area (Å²) >= 11 is 7.20. The summed E-state index contributed by atoms with van der Waals surface area (Å²) in [6.45, 7) is 0. The van der Waals surface area contributed by atoms with Crippen molar-refractivity contribution < 1.29 is 0 Å².